The first kappa shape index (κ1) is 24.0. The van der Waals surface area contributed by atoms with Gasteiger partial charge in [-0.2, -0.15) is 4.48 Å². The lowest BCUT2D eigenvalue weighted by Gasteiger charge is -2.36. The number of rotatable bonds is 7. The minimum atomic E-state index is -0.775. The molecule has 1 aliphatic heterocycles. The Balaban J connectivity index is 1.86. The van der Waals surface area contributed by atoms with Crippen LogP contribution in [0.5, 0.6) is 0 Å². The molecule has 3 atom stereocenters. The largest absolute Gasteiger partial charge is 0.431 e. The number of quaternary nitrogens is 1. The summed E-state index contributed by atoms with van der Waals surface area (Å²) in [6.07, 6.45) is 6.05. The summed E-state index contributed by atoms with van der Waals surface area (Å²) in [5, 5.41) is 12.6. The van der Waals surface area contributed by atoms with E-state index in [1.165, 1.54) is 18.2 Å². The molecule has 2 fully saturated rings. The van der Waals surface area contributed by atoms with E-state index in [4.69, 9.17) is 0 Å². The van der Waals surface area contributed by atoms with Gasteiger partial charge in [-0.3, -0.25) is 14.8 Å². The molecule has 0 bridgehead atoms. The number of urea groups is 1. The molecule has 5 amide bonds. The molecule has 1 heterocycles. The van der Waals surface area contributed by atoms with E-state index in [1.54, 1.807) is 6.92 Å². The van der Waals surface area contributed by atoms with Gasteiger partial charge in [0.05, 0.1) is 19.0 Å². The summed E-state index contributed by atoms with van der Waals surface area (Å²) in [5.74, 6) is -2.22. The Labute approximate surface area is 186 Å². The number of hydrogen-bond acceptors (Lipinski definition) is 5. The van der Waals surface area contributed by atoms with Gasteiger partial charge in [-0.25, -0.2) is 24.4 Å². The Kier molecular flexibility index (Phi) is 7.73. The second-order valence-corrected chi connectivity index (χ2v) is 9.00. The Morgan fingerprint density at radius 1 is 1.25 bits per heavy atom. The number of imide groups is 2. The van der Waals surface area contributed by atoms with Crippen molar-refractivity contribution in [3.05, 3.63) is 35.6 Å². The second-order valence-electron chi connectivity index (χ2n) is 9.00. The molecule has 1 saturated carbocycles. The Hall–Kier alpha value is -2.65. The van der Waals surface area contributed by atoms with Crippen molar-refractivity contribution in [2.75, 3.05) is 13.1 Å². The maximum atomic E-state index is 13.8. The Morgan fingerprint density at radius 2 is 1.97 bits per heavy atom. The molecule has 8 nitrogen and oxygen atoms in total. The number of hydroxylamine groups is 2. The molecule has 1 unspecified atom stereocenters. The zero-order chi connectivity index (χ0) is 23.3. The lowest BCUT2D eigenvalue weighted by atomic mass is 9.91. The van der Waals surface area contributed by atoms with E-state index in [2.05, 4.69) is 5.32 Å². The van der Waals surface area contributed by atoms with Crippen molar-refractivity contribution in [1.29, 1.82) is 0 Å². The fourth-order valence-electron chi connectivity index (χ4n) is 5.20. The summed E-state index contributed by atoms with van der Waals surface area (Å²) in [6, 6.07) is 3.87. The van der Waals surface area contributed by atoms with Crippen LogP contribution in [0.1, 0.15) is 62.2 Å². The van der Waals surface area contributed by atoms with Crippen LogP contribution in [-0.2, 0) is 9.59 Å². The van der Waals surface area contributed by atoms with Gasteiger partial charge in [0.1, 0.15) is 11.9 Å². The van der Waals surface area contributed by atoms with E-state index in [-0.39, 0.29) is 31.1 Å². The van der Waals surface area contributed by atoms with Crippen LogP contribution in [0.3, 0.4) is 0 Å². The fourth-order valence-corrected chi connectivity index (χ4v) is 5.20. The van der Waals surface area contributed by atoms with Crippen LogP contribution >= 0.6 is 0 Å². The average Bonchev–Trinajstić information content (AvgIpc) is 3.42. The van der Waals surface area contributed by atoms with Crippen LogP contribution in [0, 0.1) is 17.7 Å². The smallest absolute Gasteiger partial charge is 0.286 e. The van der Waals surface area contributed by atoms with E-state index in [0.717, 1.165) is 31.7 Å². The van der Waals surface area contributed by atoms with Gasteiger partial charge < -0.3 is 0 Å². The molecule has 1 saturated heterocycles. The van der Waals surface area contributed by atoms with Crippen LogP contribution in [0.2, 0.25) is 0 Å². The van der Waals surface area contributed by atoms with Crippen LogP contribution in [0.15, 0.2) is 24.3 Å². The summed E-state index contributed by atoms with van der Waals surface area (Å²) in [7, 11) is 0. The maximum Gasteiger partial charge on any atom is 0.431 e. The zero-order valence-corrected chi connectivity index (χ0v) is 18.3. The monoisotopic (exact) mass is 448 g/mol. The van der Waals surface area contributed by atoms with Gasteiger partial charge in [0.2, 0.25) is 6.41 Å². The fraction of sp³-hybridized carbons (Fsp3) is 0.565. The molecule has 32 heavy (non-hydrogen) atoms. The highest BCUT2D eigenvalue weighted by molar-refractivity contribution is 6.04. The van der Waals surface area contributed by atoms with Crippen molar-refractivity contribution >= 4 is 24.3 Å². The number of benzene rings is 1. The van der Waals surface area contributed by atoms with Crippen molar-refractivity contribution in [2.45, 2.75) is 57.9 Å². The van der Waals surface area contributed by atoms with Crippen LogP contribution in [0.25, 0.3) is 0 Å². The molecule has 2 aliphatic rings. The van der Waals surface area contributed by atoms with Crippen LogP contribution < -0.4 is 5.32 Å². The summed E-state index contributed by atoms with van der Waals surface area (Å²) in [4.78, 5) is 50.8. The zero-order valence-electron chi connectivity index (χ0n) is 18.3. The molecular weight excluding hydrogens is 417 g/mol. The van der Waals surface area contributed by atoms with Gasteiger partial charge in [0, 0.05) is 18.4 Å². The lowest BCUT2D eigenvalue weighted by molar-refractivity contribution is -0.786. The molecular formula is C23H31FN3O5+. The highest BCUT2D eigenvalue weighted by Crippen LogP contribution is 2.35. The van der Waals surface area contributed by atoms with Gasteiger partial charge in [-0.15, -0.1) is 0 Å². The molecule has 3 rings (SSSR count). The number of nitrogens with one attached hydrogen (secondary N) is 1. The van der Waals surface area contributed by atoms with Gasteiger partial charge in [-0.05, 0) is 37.5 Å². The number of hydrogen-bond donors (Lipinski definition) is 2. The molecule has 174 valence electrons. The third kappa shape index (κ3) is 5.05. The minimum Gasteiger partial charge on any atom is -0.286 e. The summed E-state index contributed by atoms with van der Waals surface area (Å²) < 4.78 is 12.9. The highest BCUT2D eigenvalue weighted by Gasteiger charge is 2.55. The summed E-state index contributed by atoms with van der Waals surface area (Å²) >= 11 is 0. The van der Waals surface area contributed by atoms with Crippen LogP contribution in [0.4, 0.5) is 9.18 Å². The summed E-state index contributed by atoms with van der Waals surface area (Å²) in [5.41, 5.74) is -0.0132. The van der Waals surface area contributed by atoms with Crippen molar-refractivity contribution in [3.63, 3.8) is 0 Å². The van der Waals surface area contributed by atoms with E-state index in [9.17, 15) is 28.8 Å². The topological polar surface area (TPSA) is 104 Å². The Bertz CT molecular complexity index is 873. The third-order valence-electron chi connectivity index (χ3n) is 6.92. The first-order valence-electron chi connectivity index (χ1n) is 11.2. The summed E-state index contributed by atoms with van der Waals surface area (Å²) in [6.45, 7) is 1.83. The minimum absolute atomic E-state index is 0.0132. The van der Waals surface area contributed by atoms with Crippen molar-refractivity contribution in [2.24, 2.45) is 11.8 Å². The molecule has 2 N–H and O–H groups in total. The van der Waals surface area contributed by atoms with Crippen molar-refractivity contribution in [1.82, 2.24) is 10.4 Å². The molecule has 0 spiro atoms. The predicted octanol–water partition coefficient (Wildman–Crippen LogP) is 3.25. The Morgan fingerprint density at radius 3 is 2.56 bits per heavy atom. The van der Waals surface area contributed by atoms with Crippen molar-refractivity contribution < 1.29 is 33.3 Å². The number of halogens is 1. The third-order valence-corrected chi connectivity index (χ3v) is 6.92. The number of carbonyl (C=O) groups excluding carboxylic acids is 4. The quantitative estimate of drug-likeness (QED) is 0.288. The molecule has 9 heteroatoms. The standard InChI is InChI=1S/C23H30FN3O5/c1-16-6-5-11-27(16,23(31)25-21(29)18-9-4-10-20(24)13-18)22(30)19(14-26(32)15-28)12-17-7-2-3-8-17/h4,9-10,13,15-17,19,32H,2-3,5-8,11-12,14H2,1H3/p+1/t16-,19-,27?/m1/s1. The molecule has 0 aromatic heterocycles. The SMILES string of the molecule is C[C@@H]1CCC[N+]1(C(=O)NC(=O)c1cccc(F)c1)C(=O)[C@H](CC1CCCC1)CN(O)C=O. The van der Waals surface area contributed by atoms with Crippen molar-refractivity contribution in [3.8, 4) is 0 Å². The van der Waals surface area contributed by atoms with Gasteiger partial charge >= 0.3 is 11.9 Å². The molecule has 0 radical (unpaired) electrons. The number of carbonyl (C=O) groups is 4. The number of amides is 5. The normalized spacial score (nSPS) is 24.2. The van der Waals surface area contributed by atoms with Gasteiger partial charge in [0.25, 0.3) is 5.91 Å². The highest BCUT2D eigenvalue weighted by atomic mass is 19.1. The van der Waals surface area contributed by atoms with Gasteiger partial charge in [-0.1, -0.05) is 31.7 Å². The molecule has 1 aromatic carbocycles. The predicted molar refractivity (Wildman–Crippen MR) is 113 cm³/mol. The van der Waals surface area contributed by atoms with E-state index < -0.39 is 34.1 Å². The van der Waals surface area contributed by atoms with E-state index >= 15 is 0 Å². The average molecular weight is 449 g/mol. The molecule has 1 aliphatic carbocycles. The first-order valence-corrected chi connectivity index (χ1v) is 11.2. The number of likely N-dealkylation sites (tertiary alicyclic amines) is 1. The van der Waals surface area contributed by atoms with E-state index in [1.807, 2.05) is 0 Å². The van der Waals surface area contributed by atoms with Gasteiger partial charge in [0.15, 0.2) is 0 Å². The molecule has 1 aromatic rings. The maximum absolute atomic E-state index is 13.8. The first-order chi connectivity index (χ1) is 15.3. The van der Waals surface area contributed by atoms with E-state index in [0.29, 0.717) is 30.2 Å². The number of nitrogens with zero attached hydrogens (tertiary/aromatic N) is 2. The lowest BCUT2D eigenvalue weighted by Crippen LogP contribution is -2.65. The van der Waals surface area contributed by atoms with Crippen LogP contribution in [-0.4, -0.2) is 58.1 Å². The second kappa shape index (κ2) is 10.3.